The lowest BCUT2D eigenvalue weighted by Crippen LogP contribution is -2.42. The van der Waals surface area contributed by atoms with Crippen molar-refractivity contribution in [2.45, 2.75) is 103 Å². The Kier molecular flexibility index (Phi) is 7.01. The first-order valence-electron chi connectivity index (χ1n) is 9.60. The van der Waals surface area contributed by atoms with Crippen molar-refractivity contribution in [1.29, 1.82) is 0 Å². The molecule has 0 aromatic rings. The van der Waals surface area contributed by atoms with Gasteiger partial charge < -0.3 is 11.1 Å². The topological polar surface area (TPSA) is 38.0 Å². The quantitative estimate of drug-likeness (QED) is 0.758. The number of hydrogen-bond acceptors (Lipinski definition) is 2. The van der Waals surface area contributed by atoms with Gasteiger partial charge in [0.2, 0.25) is 0 Å². The summed E-state index contributed by atoms with van der Waals surface area (Å²) in [5.74, 6) is 2.79. The molecule has 0 heterocycles. The van der Waals surface area contributed by atoms with Gasteiger partial charge in [-0.2, -0.15) is 0 Å². The summed E-state index contributed by atoms with van der Waals surface area (Å²) in [4.78, 5) is 0. The van der Waals surface area contributed by atoms with Crippen LogP contribution in [0.15, 0.2) is 0 Å². The lowest BCUT2D eigenvalue weighted by Gasteiger charge is -2.35. The fourth-order valence-corrected chi connectivity index (χ4v) is 4.35. The van der Waals surface area contributed by atoms with Gasteiger partial charge in [0.25, 0.3) is 0 Å². The summed E-state index contributed by atoms with van der Waals surface area (Å²) in [5.41, 5.74) is 6.02. The summed E-state index contributed by atoms with van der Waals surface area (Å²) in [6.07, 6.45) is 13.8. The third-order valence-corrected chi connectivity index (χ3v) is 6.40. The average Bonchev–Trinajstić information content (AvgIpc) is 2.50. The molecule has 2 aliphatic rings. The summed E-state index contributed by atoms with van der Waals surface area (Å²) in [6.45, 7) is 7.04. The highest BCUT2D eigenvalue weighted by Gasteiger charge is 2.26. The van der Waals surface area contributed by atoms with E-state index in [0.29, 0.717) is 12.1 Å². The van der Waals surface area contributed by atoms with Crippen molar-refractivity contribution >= 4 is 0 Å². The van der Waals surface area contributed by atoms with Gasteiger partial charge in [-0.05, 0) is 82.5 Å². The summed E-state index contributed by atoms with van der Waals surface area (Å²) in [7, 11) is 0. The van der Waals surface area contributed by atoms with Crippen LogP contribution in [-0.2, 0) is 0 Å². The summed E-state index contributed by atoms with van der Waals surface area (Å²) in [6, 6.07) is 1.96. The second-order valence-electron chi connectivity index (χ2n) is 8.08. The first-order chi connectivity index (χ1) is 10.1. The van der Waals surface area contributed by atoms with Gasteiger partial charge in [0.15, 0.2) is 0 Å². The van der Waals surface area contributed by atoms with Gasteiger partial charge >= 0.3 is 0 Å². The van der Waals surface area contributed by atoms with E-state index < -0.39 is 0 Å². The van der Waals surface area contributed by atoms with Gasteiger partial charge in [-0.1, -0.05) is 20.3 Å². The summed E-state index contributed by atoms with van der Waals surface area (Å²) < 4.78 is 0. The maximum atomic E-state index is 6.02. The molecular formula is C19H38N2. The maximum Gasteiger partial charge on any atom is 0.00698 e. The number of nitrogens with one attached hydrogen (secondary N) is 1. The Hall–Kier alpha value is -0.0800. The number of hydrogen-bond donors (Lipinski definition) is 2. The van der Waals surface area contributed by atoms with Crippen LogP contribution in [0.2, 0.25) is 0 Å². The molecule has 2 rings (SSSR count). The molecule has 0 radical (unpaired) electrons. The zero-order chi connectivity index (χ0) is 15.2. The van der Waals surface area contributed by atoms with Crippen molar-refractivity contribution in [3.63, 3.8) is 0 Å². The predicted octanol–water partition coefficient (Wildman–Crippen LogP) is 4.48. The third kappa shape index (κ3) is 5.56. The lowest BCUT2D eigenvalue weighted by atomic mass is 9.75. The molecular weight excluding hydrogens is 256 g/mol. The van der Waals surface area contributed by atoms with E-state index >= 15 is 0 Å². The van der Waals surface area contributed by atoms with Gasteiger partial charge in [-0.3, -0.25) is 0 Å². The fourth-order valence-electron chi connectivity index (χ4n) is 4.35. The fraction of sp³-hybridized carbons (Fsp3) is 1.00. The molecule has 2 nitrogen and oxygen atoms in total. The minimum Gasteiger partial charge on any atom is -0.328 e. The Bertz CT molecular complexity index is 275. The van der Waals surface area contributed by atoms with Gasteiger partial charge in [0.05, 0.1) is 0 Å². The van der Waals surface area contributed by atoms with E-state index in [-0.39, 0.29) is 0 Å². The Balaban J connectivity index is 1.64. The van der Waals surface area contributed by atoms with E-state index in [0.717, 1.165) is 23.8 Å². The molecule has 2 saturated carbocycles. The molecule has 0 aliphatic heterocycles. The molecule has 21 heavy (non-hydrogen) atoms. The minimum atomic E-state index is 0.503. The predicted molar refractivity (Wildman–Crippen MR) is 92.3 cm³/mol. The first-order valence-corrected chi connectivity index (χ1v) is 9.60. The molecule has 0 saturated heterocycles. The summed E-state index contributed by atoms with van der Waals surface area (Å²) >= 11 is 0. The third-order valence-electron chi connectivity index (χ3n) is 6.40. The van der Waals surface area contributed by atoms with Crippen LogP contribution < -0.4 is 11.1 Å². The van der Waals surface area contributed by atoms with E-state index in [4.69, 9.17) is 5.73 Å². The molecule has 2 atom stereocenters. The van der Waals surface area contributed by atoms with Crippen LogP contribution in [0, 0.1) is 17.8 Å². The van der Waals surface area contributed by atoms with Crippen molar-refractivity contribution < 1.29 is 0 Å². The molecule has 2 heteroatoms. The van der Waals surface area contributed by atoms with Crippen LogP contribution in [0.4, 0.5) is 0 Å². The Morgan fingerprint density at radius 2 is 1.43 bits per heavy atom. The van der Waals surface area contributed by atoms with Crippen molar-refractivity contribution in [3.8, 4) is 0 Å². The SMILES string of the molecule is CCC(C)C(C)NC1CCC(CC2CCC(N)CC2)CC1. The van der Waals surface area contributed by atoms with Gasteiger partial charge in [0, 0.05) is 18.1 Å². The molecule has 2 unspecified atom stereocenters. The van der Waals surface area contributed by atoms with E-state index in [1.807, 2.05) is 0 Å². The van der Waals surface area contributed by atoms with E-state index in [1.54, 1.807) is 0 Å². The van der Waals surface area contributed by atoms with Crippen LogP contribution in [0.1, 0.15) is 85.0 Å². The second-order valence-corrected chi connectivity index (χ2v) is 8.08. The number of rotatable bonds is 6. The lowest BCUT2D eigenvalue weighted by molar-refractivity contribution is 0.204. The molecule has 0 spiro atoms. The smallest absolute Gasteiger partial charge is 0.00698 e. The molecule has 0 amide bonds. The van der Waals surface area contributed by atoms with Gasteiger partial charge in [-0.15, -0.1) is 0 Å². The Labute approximate surface area is 132 Å². The molecule has 124 valence electrons. The number of nitrogens with two attached hydrogens (primary N) is 1. The Morgan fingerprint density at radius 1 is 0.905 bits per heavy atom. The second kappa shape index (κ2) is 8.53. The highest BCUT2D eigenvalue weighted by molar-refractivity contribution is 4.83. The van der Waals surface area contributed by atoms with Gasteiger partial charge in [-0.25, -0.2) is 0 Å². The van der Waals surface area contributed by atoms with E-state index in [9.17, 15) is 0 Å². The molecule has 0 aromatic carbocycles. The van der Waals surface area contributed by atoms with Gasteiger partial charge in [0.1, 0.15) is 0 Å². The summed E-state index contributed by atoms with van der Waals surface area (Å²) in [5, 5.41) is 3.88. The zero-order valence-corrected chi connectivity index (χ0v) is 14.6. The first kappa shape index (κ1) is 17.3. The van der Waals surface area contributed by atoms with E-state index in [2.05, 4.69) is 26.1 Å². The standard InChI is InChI=1S/C19H38N2/c1-4-14(2)15(3)21-19-11-7-17(8-12-19)13-16-5-9-18(20)10-6-16/h14-19,21H,4-13,20H2,1-3H3. The largest absolute Gasteiger partial charge is 0.328 e. The van der Waals surface area contributed by atoms with E-state index in [1.165, 1.54) is 64.2 Å². The van der Waals surface area contributed by atoms with Crippen molar-refractivity contribution in [2.24, 2.45) is 23.5 Å². The van der Waals surface area contributed by atoms with Crippen molar-refractivity contribution in [3.05, 3.63) is 0 Å². The molecule has 2 aliphatic carbocycles. The average molecular weight is 295 g/mol. The minimum absolute atomic E-state index is 0.503. The monoisotopic (exact) mass is 294 g/mol. The van der Waals surface area contributed by atoms with Crippen LogP contribution in [0.3, 0.4) is 0 Å². The normalized spacial score (nSPS) is 37.1. The van der Waals surface area contributed by atoms with Crippen LogP contribution in [0.25, 0.3) is 0 Å². The van der Waals surface area contributed by atoms with Crippen molar-refractivity contribution in [2.75, 3.05) is 0 Å². The van der Waals surface area contributed by atoms with Crippen LogP contribution >= 0.6 is 0 Å². The Morgan fingerprint density at radius 3 is 1.95 bits per heavy atom. The zero-order valence-electron chi connectivity index (χ0n) is 14.6. The van der Waals surface area contributed by atoms with Crippen molar-refractivity contribution in [1.82, 2.24) is 5.32 Å². The molecule has 0 aromatic heterocycles. The van der Waals surface area contributed by atoms with Crippen LogP contribution in [-0.4, -0.2) is 18.1 Å². The molecule has 2 fully saturated rings. The van der Waals surface area contributed by atoms with Crippen LogP contribution in [0.5, 0.6) is 0 Å². The molecule has 0 bridgehead atoms. The maximum absolute atomic E-state index is 6.02. The highest BCUT2D eigenvalue weighted by Crippen LogP contribution is 2.35. The molecule has 3 N–H and O–H groups in total. The highest BCUT2D eigenvalue weighted by atomic mass is 14.9.